The Bertz CT molecular complexity index is 560. The van der Waals surface area contributed by atoms with E-state index in [-0.39, 0.29) is 24.7 Å². The maximum absolute atomic E-state index is 12.4. The molecule has 0 aromatic heterocycles. The van der Waals surface area contributed by atoms with Crippen LogP contribution in [0.15, 0.2) is 18.2 Å². The first kappa shape index (κ1) is 16.6. The molecule has 2 aliphatic rings. The van der Waals surface area contributed by atoms with Crippen molar-refractivity contribution >= 4 is 17.5 Å². The van der Waals surface area contributed by atoms with Gasteiger partial charge in [0.1, 0.15) is 5.75 Å². The number of carbonyl (C=O) groups excluding carboxylic acids is 1. The molecule has 5 nitrogen and oxygen atoms in total. The molecule has 2 heterocycles. The normalized spacial score (nSPS) is 22.3. The molecular formula is C17H22ClNO4. The van der Waals surface area contributed by atoms with Crippen molar-refractivity contribution < 1.29 is 19.0 Å². The number of amides is 1. The molecule has 0 saturated carbocycles. The van der Waals surface area contributed by atoms with Crippen molar-refractivity contribution in [1.29, 1.82) is 0 Å². The highest BCUT2D eigenvalue weighted by molar-refractivity contribution is 6.30. The first-order valence-corrected chi connectivity index (χ1v) is 8.41. The Morgan fingerprint density at radius 1 is 1.39 bits per heavy atom. The molecule has 1 aromatic rings. The van der Waals surface area contributed by atoms with Crippen LogP contribution >= 0.6 is 11.6 Å². The maximum Gasteiger partial charge on any atom is 0.260 e. The van der Waals surface area contributed by atoms with Crippen LogP contribution in [-0.4, -0.2) is 50.0 Å². The van der Waals surface area contributed by atoms with Crippen LogP contribution in [0.25, 0.3) is 0 Å². The fraction of sp³-hybridized carbons (Fsp3) is 0.588. The highest BCUT2D eigenvalue weighted by atomic mass is 35.5. The van der Waals surface area contributed by atoms with E-state index in [1.165, 1.54) is 0 Å². The van der Waals surface area contributed by atoms with Gasteiger partial charge < -0.3 is 19.1 Å². The van der Waals surface area contributed by atoms with Gasteiger partial charge in [0.05, 0.1) is 13.2 Å². The molecule has 0 radical (unpaired) electrons. The molecule has 23 heavy (non-hydrogen) atoms. The number of halogens is 1. The van der Waals surface area contributed by atoms with Gasteiger partial charge in [-0.3, -0.25) is 4.79 Å². The molecule has 126 valence electrons. The van der Waals surface area contributed by atoms with Crippen LogP contribution in [0.3, 0.4) is 0 Å². The zero-order valence-electron chi connectivity index (χ0n) is 13.3. The summed E-state index contributed by atoms with van der Waals surface area (Å²) in [6.45, 7) is 4.69. The van der Waals surface area contributed by atoms with E-state index in [1.54, 1.807) is 12.1 Å². The zero-order valence-corrected chi connectivity index (χ0v) is 14.1. The smallest absolute Gasteiger partial charge is 0.260 e. The van der Waals surface area contributed by atoms with Gasteiger partial charge in [-0.15, -0.1) is 0 Å². The van der Waals surface area contributed by atoms with Gasteiger partial charge in [0.2, 0.25) is 0 Å². The second-order valence-corrected chi connectivity index (χ2v) is 6.49. The molecule has 1 aromatic carbocycles. The van der Waals surface area contributed by atoms with Gasteiger partial charge in [-0.05, 0) is 43.5 Å². The molecule has 3 rings (SSSR count). The van der Waals surface area contributed by atoms with Gasteiger partial charge >= 0.3 is 0 Å². The Morgan fingerprint density at radius 3 is 2.91 bits per heavy atom. The van der Waals surface area contributed by atoms with Gasteiger partial charge in [-0.1, -0.05) is 11.6 Å². The van der Waals surface area contributed by atoms with Crippen LogP contribution in [-0.2, 0) is 14.3 Å². The van der Waals surface area contributed by atoms with Crippen molar-refractivity contribution in [2.24, 2.45) is 5.92 Å². The third-order valence-electron chi connectivity index (χ3n) is 4.33. The molecule has 0 aliphatic carbocycles. The van der Waals surface area contributed by atoms with E-state index in [1.807, 2.05) is 17.9 Å². The number of piperidine rings is 1. The molecule has 2 aliphatic heterocycles. The first-order chi connectivity index (χ1) is 11.1. The van der Waals surface area contributed by atoms with E-state index in [4.69, 9.17) is 25.8 Å². The number of aryl methyl sites for hydroxylation is 1. The van der Waals surface area contributed by atoms with Crippen LogP contribution in [0.2, 0.25) is 5.02 Å². The average Bonchev–Trinajstić information content (AvgIpc) is 3.08. The molecular weight excluding hydrogens is 318 g/mol. The van der Waals surface area contributed by atoms with Crippen molar-refractivity contribution in [2.75, 3.05) is 32.9 Å². The van der Waals surface area contributed by atoms with Crippen LogP contribution < -0.4 is 4.74 Å². The van der Waals surface area contributed by atoms with Crippen LogP contribution in [0.5, 0.6) is 5.75 Å². The highest BCUT2D eigenvalue weighted by Gasteiger charge is 2.32. The van der Waals surface area contributed by atoms with E-state index in [2.05, 4.69) is 0 Å². The molecule has 6 heteroatoms. The second-order valence-electron chi connectivity index (χ2n) is 6.05. The van der Waals surface area contributed by atoms with E-state index in [0.29, 0.717) is 30.5 Å². The van der Waals surface area contributed by atoms with E-state index in [9.17, 15) is 4.79 Å². The minimum atomic E-state index is -0.162. The summed E-state index contributed by atoms with van der Waals surface area (Å²) in [6.07, 6.45) is 1.84. The van der Waals surface area contributed by atoms with Crippen LogP contribution in [0.1, 0.15) is 18.4 Å². The average molecular weight is 340 g/mol. The number of carbonyl (C=O) groups is 1. The number of ether oxygens (including phenoxy) is 3. The van der Waals surface area contributed by atoms with E-state index < -0.39 is 0 Å². The van der Waals surface area contributed by atoms with E-state index in [0.717, 1.165) is 24.9 Å². The molecule has 1 unspecified atom stereocenters. The number of rotatable bonds is 4. The Kier molecular flexibility index (Phi) is 5.41. The SMILES string of the molecule is Cc1cc(Cl)ccc1OCC(=O)N1CCCC(C2OCCO2)C1. The fourth-order valence-electron chi connectivity index (χ4n) is 3.11. The minimum Gasteiger partial charge on any atom is -0.483 e. The van der Waals surface area contributed by atoms with Crippen molar-refractivity contribution in [3.63, 3.8) is 0 Å². The molecule has 2 fully saturated rings. The van der Waals surface area contributed by atoms with Gasteiger partial charge in [0.15, 0.2) is 12.9 Å². The quantitative estimate of drug-likeness (QED) is 0.846. The highest BCUT2D eigenvalue weighted by Crippen LogP contribution is 2.25. The summed E-state index contributed by atoms with van der Waals surface area (Å²) >= 11 is 5.93. The van der Waals surface area contributed by atoms with Crippen molar-refractivity contribution in [3.05, 3.63) is 28.8 Å². The number of benzene rings is 1. The fourth-order valence-corrected chi connectivity index (χ4v) is 3.34. The summed E-state index contributed by atoms with van der Waals surface area (Å²) in [7, 11) is 0. The lowest BCUT2D eigenvalue weighted by atomic mass is 9.97. The van der Waals surface area contributed by atoms with Gasteiger partial charge in [-0.2, -0.15) is 0 Å². The molecule has 0 spiro atoms. The van der Waals surface area contributed by atoms with Gasteiger partial charge in [0, 0.05) is 24.0 Å². The molecule has 1 atom stereocenters. The molecule has 0 bridgehead atoms. The monoisotopic (exact) mass is 339 g/mol. The summed E-state index contributed by atoms with van der Waals surface area (Å²) in [4.78, 5) is 14.3. The zero-order chi connectivity index (χ0) is 16.2. The molecule has 0 N–H and O–H groups in total. The number of hydrogen-bond donors (Lipinski definition) is 0. The summed E-state index contributed by atoms with van der Waals surface area (Å²) in [5.41, 5.74) is 0.926. The van der Waals surface area contributed by atoms with Crippen molar-refractivity contribution in [3.8, 4) is 5.75 Å². The topological polar surface area (TPSA) is 48.0 Å². The largest absolute Gasteiger partial charge is 0.483 e. The van der Waals surface area contributed by atoms with Gasteiger partial charge in [0.25, 0.3) is 5.91 Å². The number of nitrogens with zero attached hydrogens (tertiary/aromatic N) is 1. The van der Waals surface area contributed by atoms with Crippen LogP contribution in [0.4, 0.5) is 0 Å². The number of hydrogen-bond acceptors (Lipinski definition) is 4. The summed E-state index contributed by atoms with van der Waals surface area (Å²) in [6, 6.07) is 5.39. The first-order valence-electron chi connectivity index (χ1n) is 8.03. The minimum absolute atomic E-state index is 0.00190. The lowest BCUT2D eigenvalue weighted by Gasteiger charge is -2.34. The third kappa shape index (κ3) is 4.16. The summed E-state index contributed by atoms with van der Waals surface area (Å²) < 4.78 is 16.8. The van der Waals surface area contributed by atoms with Crippen molar-refractivity contribution in [1.82, 2.24) is 4.90 Å². The number of likely N-dealkylation sites (tertiary alicyclic amines) is 1. The lowest BCUT2D eigenvalue weighted by Crippen LogP contribution is -2.45. The molecule has 1 amide bonds. The Labute approximate surface area is 141 Å². The standard InChI is InChI=1S/C17H22ClNO4/c1-12-9-14(18)4-5-15(12)23-11-16(20)19-6-2-3-13(10-19)17-21-7-8-22-17/h4-5,9,13,17H,2-3,6-8,10-11H2,1H3. The van der Waals surface area contributed by atoms with Gasteiger partial charge in [-0.25, -0.2) is 0 Å². The third-order valence-corrected chi connectivity index (χ3v) is 4.57. The van der Waals surface area contributed by atoms with Crippen LogP contribution in [0, 0.1) is 12.8 Å². The summed E-state index contributed by atoms with van der Waals surface area (Å²) in [5, 5.41) is 0.664. The maximum atomic E-state index is 12.4. The summed E-state index contributed by atoms with van der Waals surface area (Å²) in [5.74, 6) is 0.952. The predicted octanol–water partition coefficient (Wildman–Crippen LogP) is 2.64. The molecule has 2 saturated heterocycles. The predicted molar refractivity (Wildman–Crippen MR) is 86.7 cm³/mol. The lowest BCUT2D eigenvalue weighted by molar-refractivity contribution is -0.141. The van der Waals surface area contributed by atoms with Crippen molar-refractivity contribution in [2.45, 2.75) is 26.1 Å². The van der Waals surface area contributed by atoms with E-state index >= 15 is 0 Å². The Balaban J connectivity index is 1.53. The second kappa shape index (κ2) is 7.51. The Hall–Kier alpha value is -1.30. The Morgan fingerprint density at radius 2 is 2.17 bits per heavy atom.